The second kappa shape index (κ2) is 7.80. The van der Waals surface area contributed by atoms with Gasteiger partial charge in [0.25, 0.3) is 0 Å². The van der Waals surface area contributed by atoms with Crippen LogP contribution in [0.5, 0.6) is 11.5 Å². The van der Waals surface area contributed by atoms with Crippen LogP contribution < -0.4 is 9.47 Å². The van der Waals surface area contributed by atoms with E-state index in [1.165, 1.54) is 33.1 Å². The number of rotatable bonds is 4. The Hall–Kier alpha value is -1.98. The molecule has 0 bridgehead atoms. The van der Waals surface area contributed by atoms with Crippen LogP contribution in [0.4, 0.5) is 0 Å². The van der Waals surface area contributed by atoms with E-state index in [1.54, 1.807) is 11.0 Å². The molecule has 1 aromatic carbocycles. The average Bonchev–Trinajstić information content (AvgIpc) is 3.12. The fraction of sp³-hybridized carbons (Fsp3) is 0.529. The van der Waals surface area contributed by atoms with Crippen LogP contribution in [0, 0.1) is 0 Å². The molecular weight excluding hydrogens is 406 g/mol. The number of thioether (sulfide) groups is 1. The van der Waals surface area contributed by atoms with Crippen molar-refractivity contribution in [1.82, 2.24) is 14.1 Å². The van der Waals surface area contributed by atoms with E-state index in [0.29, 0.717) is 49.4 Å². The van der Waals surface area contributed by atoms with Gasteiger partial charge < -0.3 is 19.3 Å². The number of sulfonamides is 1. The minimum atomic E-state index is -3.68. The lowest BCUT2D eigenvalue weighted by Crippen LogP contribution is -2.52. The lowest BCUT2D eigenvalue weighted by molar-refractivity contribution is -0.138. The maximum absolute atomic E-state index is 12.9. The summed E-state index contributed by atoms with van der Waals surface area (Å²) in [4.78, 5) is 27.4. The molecule has 0 saturated carbocycles. The van der Waals surface area contributed by atoms with Gasteiger partial charge >= 0.3 is 0 Å². The zero-order valence-electron chi connectivity index (χ0n) is 15.2. The van der Waals surface area contributed by atoms with Gasteiger partial charge in [0.15, 0.2) is 11.5 Å². The Kier molecular flexibility index (Phi) is 5.39. The number of fused-ring (bicyclic) bond motifs is 1. The molecule has 9 nitrogen and oxygen atoms in total. The fourth-order valence-electron chi connectivity index (χ4n) is 3.31. The zero-order valence-corrected chi connectivity index (χ0v) is 16.8. The third-order valence-corrected chi connectivity index (χ3v) is 7.73. The average molecular weight is 428 g/mol. The minimum absolute atomic E-state index is 0.0295. The molecule has 0 radical (unpaired) electrons. The fourth-order valence-corrected chi connectivity index (χ4v) is 5.66. The van der Waals surface area contributed by atoms with E-state index in [0.717, 1.165) is 0 Å². The largest absolute Gasteiger partial charge is 0.486 e. The molecule has 0 aliphatic carbocycles. The number of nitrogens with zero attached hydrogens (tertiary/aromatic N) is 3. The number of hydrogen-bond acceptors (Lipinski definition) is 7. The van der Waals surface area contributed by atoms with Gasteiger partial charge in [0, 0.05) is 32.2 Å². The predicted octanol–water partition coefficient (Wildman–Crippen LogP) is -0.176. The lowest BCUT2D eigenvalue weighted by Gasteiger charge is -2.34. The topological polar surface area (TPSA) is 96.5 Å². The second-order valence-electron chi connectivity index (χ2n) is 6.66. The number of hydrogen-bond donors (Lipinski definition) is 0. The summed E-state index contributed by atoms with van der Waals surface area (Å²) in [6, 6.07) is 4.60. The molecule has 3 heterocycles. The van der Waals surface area contributed by atoms with Crippen molar-refractivity contribution in [3.8, 4) is 11.5 Å². The highest BCUT2D eigenvalue weighted by atomic mass is 32.2. The van der Waals surface area contributed by atoms with Crippen molar-refractivity contribution in [2.45, 2.75) is 4.90 Å². The van der Waals surface area contributed by atoms with Gasteiger partial charge in [0.1, 0.15) is 19.8 Å². The number of ether oxygens (including phenoxy) is 2. The Morgan fingerprint density at radius 1 is 1.07 bits per heavy atom. The normalized spacial score (nSPS) is 20.5. The summed E-state index contributed by atoms with van der Waals surface area (Å²) in [7, 11) is -3.68. The molecule has 3 aliphatic heterocycles. The summed E-state index contributed by atoms with van der Waals surface area (Å²) in [5.41, 5.74) is 0. The molecule has 0 atom stereocenters. The molecule has 0 N–H and O–H groups in total. The van der Waals surface area contributed by atoms with Crippen molar-refractivity contribution in [3.63, 3.8) is 0 Å². The van der Waals surface area contributed by atoms with E-state index in [4.69, 9.17) is 9.47 Å². The number of benzene rings is 1. The highest BCUT2D eigenvalue weighted by Gasteiger charge is 2.32. The van der Waals surface area contributed by atoms with Crippen molar-refractivity contribution in [2.75, 3.05) is 57.6 Å². The minimum Gasteiger partial charge on any atom is -0.486 e. The first kappa shape index (κ1) is 19.3. The SMILES string of the molecule is O=C(CN1CSCC1=O)N1CCN(S(=O)(=O)c2ccc3c(c2)OCCO3)CC1. The van der Waals surface area contributed by atoms with E-state index in [9.17, 15) is 18.0 Å². The van der Waals surface area contributed by atoms with Crippen molar-refractivity contribution in [3.05, 3.63) is 18.2 Å². The maximum Gasteiger partial charge on any atom is 0.243 e. The second-order valence-corrected chi connectivity index (χ2v) is 9.55. The van der Waals surface area contributed by atoms with Crippen LogP contribution in [0.15, 0.2) is 23.1 Å². The third kappa shape index (κ3) is 3.78. The molecule has 152 valence electrons. The van der Waals surface area contributed by atoms with Crippen LogP contribution in [-0.2, 0) is 19.6 Å². The quantitative estimate of drug-likeness (QED) is 0.658. The molecule has 4 rings (SSSR count). The van der Waals surface area contributed by atoms with Gasteiger partial charge in [0.2, 0.25) is 21.8 Å². The number of amides is 2. The monoisotopic (exact) mass is 427 g/mol. The van der Waals surface area contributed by atoms with Crippen molar-refractivity contribution in [2.24, 2.45) is 0 Å². The van der Waals surface area contributed by atoms with E-state index in [-0.39, 0.29) is 36.3 Å². The van der Waals surface area contributed by atoms with E-state index < -0.39 is 10.0 Å². The number of carbonyl (C=O) groups excluding carboxylic acids is 2. The van der Waals surface area contributed by atoms with E-state index in [2.05, 4.69) is 0 Å². The maximum atomic E-state index is 12.9. The molecule has 28 heavy (non-hydrogen) atoms. The van der Waals surface area contributed by atoms with Crippen LogP contribution in [-0.4, -0.2) is 91.9 Å². The van der Waals surface area contributed by atoms with Crippen molar-refractivity contribution >= 4 is 33.6 Å². The summed E-state index contributed by atoms with van der Waals surface area (Å²) in [5, 5.41) is 0. The van der Waals surface area contributed by atoms with Crippen LogP contribution in [0.1, 0.15) is 0 Å². The number of carbonyl (C=O) groups is 2. The molecule has 0 spiro atoms. The van der Waals surface area contributed by atoms with Gasteiger partial charge in [0.05, 0.1) is 16.5 Å². The first-order chi connectivity index (χ1) is 13.4. The van der Waals surface area contributed by atoms with Crippen LogP contribution in [0.3, 0.4) is 0 Å². The first-order valence-electron chi connectivity index (χ1n) is 8.98. The Morgan fingerprint density at radius 3 is 2.46 bits per heavy atom. The van der Waals surface area contributed by atoms with Gasteiger partial charge in [-0.2, -0.15) is 4.31 Å². The first-order valence-corrected chi connectivity index (χ1v) is 11.6. The number of piperazine rings is 1. The lowest BCUT2D eigenvalue weighted by atomic mass is 10.3. The van der Waals surface area contributed by atoms with E-state index >= 15 is 0 Å². The standard InChI is InChI=1S/C17H21N3O6S2/c21-16(10-19-12-27-11-17(19)22)18-3-5-20(6-4-18)28(23,24)13-1-2-14-15(9-13)26-8-7-25-14/h1-2,9H,3-8,10-12H2. The molecule has 0 unspecified atom stereocenters. The highest BCUT2D eigenvalue weighted by Crippen LogP contribution is 2.33. The summed E-state index contributed by atoms with van der Waals surface area (Å²) in [6.07, 6.45) is 0. The summed E-state index contributed by atoms with van der Waals surface area (Å²) >= 11 is 1.49. The molecule has 2 amide bonds. The molecule has 2 fully saturated rings. The molecule has 2 saturated heterocycles. The summed E-state index contributed by atoms with van der Waals surface area (Å²) < 4.78 is 38.2. The van der Waals surface area contributed by atoms with Gasteiger partial charge in [-0.3, -0.25) is 9.59 Å². The smallest absolute Gasteiger partial charge is 0.243 e. The van der Waals surface area contributed by atoms with Crippen LogP contribution >= 0.6 is 11.8 Å². The third-order valence-electron chi connectivity index (χ3n) is 4.89. The summed E-state index contributed by atoms with van der Waals surface area (Å²) in [5.74, 6) is 1.73. The molecular formula is C17H21N3O6S2. The van der Waals surface area contributed by atoms with Gasteiger partial charge in [-0.1, -0.05) is 0 Å². The Labute approximate surface area is 167 Å². The Bertz CT molecular complexity index is 883. The molecule has 1 aromatic rings. The van der Waals surface area contributed by atoms with Crippen LogP contribution in [0.2, 0.25) is 0 Å². The summed E-state index contributed by atoms with van der Waals surface area (Å²) in [6.45, 7) is 1.92. The molecule has 11 heteroatoms. The van der Waals surface area contributed by atoms with Gasteiger partial charge in [-0.15, -0.1) is 11.8 Å². The molecule has 0 aromatic heterocycles. The Morgan fingerprint density at radius 2 is 1.79 bits per heavy atom. The highest BCUT2D eigenvalue weighted by molar-refractivity contribution is 8.00. The Balaban J connectivity index is 1.38. The zero-order chi connectivity index (χ0) is 19.7. The van der Waals surface area contributed by atoms with Crippen molar-refractivity contribution < 1.29 is 27.5 Å². The van der Waals surface area contributed by atoms with Crippen molar-refractivity contribution in [1.29, 1.82) is 0 Å². The molecule has 3 aliphatic rings. The van der Waals surface area contributed by atoms with Gasteiger partial charge in [-0.05, 0) is 12.1 Å². The van der Waals surface area contributed by atoms with Gasteiger partial charge in [-0.25, -0.2) is 8.42 Å². The van der Waals surface area contributed by atoms with Crippen LogP contribution in [0.25, 0.3) is 0 Å². The predicted molar refractivity (Wildman–Crippen MR) is 102 cm³/mol. The van der Waals surface area contributed by atoms with E-state index in [1.807, 2.05) is 0 Å².